The Labute approximate surface area is 130 Å². The lowest BCUT2D eigenvalue weighted by Gasteiger charge is -2.14. The molecule has 0 spiro atoms. The van der Waals surface area contributed by atoms with Gasteiger partial charge in [0.1, 0.15) is 29.0 Å². The standard InChI is InChI=1S/C16H22N4O2/c1-10(2)17-15-9-16(19-11(3)18-15)20-13-7-6-12(21-4)8-14(13)22-5/h6-10H,1-5H3,(H2,17,18,19,20). The Bertz CT molecular complexity index is 644. The van der Waals surface area contributed by atoms with Gasteiger partial charge in [-0.25, -0.2) is 9.97 Å². The molecular formula is C16H22N4O2. The van der Waals surface area contributed by atoms with E-state index < -0.39 is 0 Å². The quantitative estimate of drug-likeness (QED) is 0.852. The number of anilines is 3. The third-order valence-corrected chi connectivity index (χ3v) is 2.95. The first-order chi connectivity index (χ1) is 10.5. The minimum absolute atomic E-state index is 0.303. The molecule has 2 rings (SSSR count). The third-order valence-electron chi connectivity index (χ3n) is 2.95. The zero-order valence-electron chi connectivity index (χ0n) is 13.6. The van der Waals surface area contributed by atoms with Crippen LogP contribution in [0.1, 0.15) is 19.7 Å². The van der Waals surface area contributed by atoms with Crippen LogP contribution in [-0.2, 0) is 0 Å². The van der Waals surface area contributed by atoms with Crippen molar-refractivity contribution in [1.29, 1.82) is 0 Å². The third kappa shape index (κ3) is 4.00. The van der Waals surface area contributed by atoms with Crippen molar-refractivity contribution in [2.24, 2.45) is 0 Å². The normalized spacial score (nSPS) is 10.5. The highest BCUT2D eigenvalue weighted by atomic mass is 16.5. The van der Waals surface area contributed by atoms with E-state index in [1.165, 1.54) is 0 Å². The van der Waals surface area contributed by atoms with E-state index in [0.29, 0.717) is 23.4 Å². The van der Waals surface area contributed by atoms with E-state index in [1.54, 1.807) is 14.2 Å². The topological polar surface area (TPSA) is 68.3 Å². The Balaban J connectivity index is 2.28. The van der Waals surface area contributed by atoms with Crippen molar-refractivity contribution in [2.75, 3.05) is 24.9 Å². The van der Waals surface area contributed by atoms with E-state index in [0.717, 1.165) is 17.3 Å². The van der Waals surface area contributed by atoms with Crippen LogP contribution in [-0.4, -0.2) is 30.2 Å². The minimum Gasteiger partial charge on any atom is -0.497 e. The van der Waals surface area contributed by atoms with E-state index in [4.69, 9.17) is 9.47 Å². The highest BCUT2D eigenvalue weighted by Gasteiger charge is 2.08. The molecule has 1 heterocycles. The fourth-order valence-electron chi connectivity index (χ4n) is 2.04. The first kappa shape index (κ1) is 15.9. The van der Waals surface area contributed by atoms with E-state index in [2.05, 4.69) is 34.4 Å². The van der Waals surface area contributed by atoms with Crippen molar-refractivity contribution in [1.82, 2.24) is 9.97 Å². The molecule has 0 aliphatic heterocycles. The Morgan fingerprint density at radius 2 is 1.73 bits per heavy atom. The zero-order valence-corrected chi connectivity index (χ0v) is 13.6. The molecule has 0 saturated carbocycles. The maximum Gasteiger partial charge on any atom is 0.146 e. The van der Waals surface area contributed by atoms with Crippen LogP contribution in [0.5, 0.6) is 11.5 Å². The molecule has 0 aliphatic carbocycles. The average molecular weight is 302 g/mol. The number of methoxy groups -OCH3 is 2. The van der Waals surface area contributed by atoms with Gasteiger partial charge in [-0.05, 0) is 32.9 Å². The molecule has 2 N–H and O–H groups in total. The molecule has 0 aliphatic rings. The van der Waals surface area contributed by atoms with Gasteiger partial charge in [0, 0.05) is 18.2 Å². The molecular weight excluding hydrogens is 280 g/mol. The van der Waals surface area contributed by atoms with Crippen molar-refractivity contribution in [3.8, 4) is 11.5 Å². The second kappa shape index (κ2) is 6.98. The minimum atomic E-state index is 0.303. The molecule has 6 heteroatoms. The first-order valence-corrected chi connectivity index (χ1v) is 7.13. The second-order valence-electron chi connectivity index (χ2n) is 5.18. The van der Waals surface area contributed by atoms with Gasteiger partial charge in [0.15, 0.2) is 0 Å². The number of nitrogens with one attached hydrogen (secondary N) is 2. The van der Waals surface area contributed by atoms with E-state index >= 15 is 0 Å². The second-order valence-corrected chi connectivity index (χ2v) is 5.18. The summed E-state index contributed by atoms with van der Waals surface area (Å²) in [6.07, 6.45) is 0. The summed E-state index contributed by atoms with van der Waals surface area (Å²) in [5, 5.41) is 6.53. The molecule has 0 amide bonds. The van der Waals surface area contributed by atoms with Gasteiger partial charge >= 0.3 is 0 Å². The molecule has 6 nitrogen and oxygen atoms in total. The first-order valence-electron chi connectivity index (χ1n) is 7.13. The molecule has 0 unspecified atom stereocenters. The van der Waals surface area contributed by atoms with Crippen LogP contribution in [0.3, 0.4) is 0 Å². The predicted octanol–water partition coefficient (Wildman–Crippen LogP) is 3.37. The lowest BCUT2D eigenvalue weighted by atomic mass is 10.2. The molecule has 118 valence electrons. The summed E-state index contributed by atoms with van der Waals surface area (Å²) in [5.41, 5.74) is 0.817. The van der Waals surface area contributed by atoms with Gasteiger partial charge in [-0.2, -0.15) is 0 Å². The summed E-state index contributed by atoms with van der Waals surface area (Å²) in [4.78, 5) is 8.78. The van der Waals surface area contributed by atoms with E-state index in [9.17, 15) is 0 Å². The van der Waals surface area contributed by atoms with Crippen molar-refractivity contribution in [2.45, 2.75) is 26.8 Å². The number of aromatic nitrogens is 2. The number of hydrogen-bond acceptors (Lipinski definition) is 6. The summed E-state index contributed by atoms with van der Waals surface area (Å²) in [6.45, 7) is 6.00. The molecule has 0 saturated heterocycles. The van der Waals surface area contributed by atoms with Gasteiger partial charge in [-0.15, -0.1) is 0 Å². The Hall–Kier alpha value is -2.50. The summed E-state index contributed by atoms with van der Waals surface area (Å²) < 4.78 is 10.6. The summed E-state index contributed by atoms with van der Waals surface area (Å²) >= 11 is 0. The molecule has 22 heavy (non-hydrogen) atoms. The number of rotatable bonds is 6. The van der Waals surface area contributed by atoms with Crippen LogP contribution in [0.25, 0.3) is 0 Å². The number of nitrogens with zero attached hydrogens (tertiary/aromatic N) is 2. The van der Waals surface area contributed by atoms with Gasteiger partial charge in [0.25, 0.3) is 0 Å². The largest absolute Gasteiger partial charge is 0.497 e. The lowest BCUT2D eigenvalue weighted by molar-refractivity contribution is 0.395. The summed E-state index contributed by atoms with van der Waals surface area (Å²) in [5.74, 6) is 3.62. The number of ether oxygens (including phenoxy) is 2. The lowest BCUT2D eigenvalue weighted by Crippen LogP contribution is -2.12. The summed E-state index contributed by atoms with van der Waals surface area (Å²) in [7, 11) is 3.25. The monoisotopic (exact) mass is 302 g/mol. The Morgan fingerprint density at radius 3 is 2.36 bits per heavy atom. The summed E-state index contributed by atoms with van der Waals surface area (Å²) in [6, 6.07) is 7.76. The van der Waals surface area contributed by atoms with Gasteiger partial charge in [-0.3, -0.25) is 0 Å². The maximum absolute atomic E-state index is 5.38. The van der Waals surface area contributed by atoms with Crippen molar-refractivity contribution >= 4 is 17.3 Å². The van der Waals surface area contributed by atoms with Crippen LogP contribution < -0.4 is 20.1 Å². The van der Waals surface area contributed by atoms with Crippen molar-refractivity contribution in [3.63, 3.8) is 0 Å². The number of aryl methyl sites for hydroxylation is 1. The van der Waals surface area contributed by atoms with Crippen LogP contribution in [0.15, 0.2) is 24.3 Å². The molecule has 0 atom stereocenters. The highest BCUT2D eigenvalue weighted by molar-refractivity contribution is 5.67. The number of hydrogen-bond donors (Lipinski definition) is 2. The molecule has 0 radical (unpaired) electrons. The molecule has 0 bridgehead atoms. The van der Waals surface area contributed by atoms with Gasteiger partial charge in [0.05, 0.1) is 19.9 Å². The fourth-order valence-corrected chi connectivity index (χ4v) is 2.04. The maximum atomic E-state index is 5.38. The SMILES string of the molecule is COc1ccc(Nc2cc(NC(C)C)nc(C)n2)c(OC)c1. The fraction of sp³-hybridized carbons (Fsp3) is 0.375. The van der Waals surface area contributed by atoms with Crippen molar-refractivity contribution < 1.29 is 9.47 Å². The van der Waals surface area contributed by atoms with Gasteiger partial charge in [-0.1, -0.05) is 0 Å². The molecule has 2 aromatic rings. The molecule has 0 fully saturated rings. The Morgan fingerprint density at radius 1 is 1.00 bits per heavy atom. The van der Waals surface area contributed by atoms with E-state index in [1.807, 2.05) is 31.2 Å². The predicted molar refractivity (Wildman–Crippen MR) is 88.4 cm³/mol. The van der Waals surface area contributed by atoms with Crippen LogP contribution in [0, 0.1) is 6.92 Å². The highest BCUT2D eigenvalue weighted by Crippen LogP contribution is 2.31. The Kier molecular flexibility index (Phi) is 5.04. The van der Waals surface area contributed by atoms with Crippen molar-refractivity contribution in [3.05, 3.63) is 30.1 Å². The molecule has 1 aromatic carbocycles. The number of benzene rings is 1. The average Bonchev–Trinajstić information content (AvgIpc) is 2.46. The van der Waals surface area contributed by atoms with Crippen LogP contribution >= 0.6 is 0 Å². The molecule has 1 aromatic heterocycles. The van der Waals surface area contributed by atoms with Gasteiger partial charge in [0.2, 0.25) is 0 Å². The van der Waals surface area contributed by atoms with Crippen LogP contribution in [0.4, 0.5) is 17.3 Å². The zero-order chi connectivity index (χ0) is 16.1. The van der Waals surface area contributed by atoms with E-state index in [-0.39, 0.29) is 0 Å². The van der Waals surface area contributed by atoms with Crippen LogP contribution in [0.2, 0.25) is 0 Å². The smallest absolute Gasteiger partial charge is 0.146 e. The van der Waals surface area contributed by atoms with Gasteiger partial charge < -0.3 is 20.1 Å².